The molecule has 3 aliphatic carbocycles. The van der Waals surface area contributed by atoms with Gasteiger partial charge in [-0.3, -0.25) is 9.89 Å². The van der Waals surface area contributed by atoms with E-state index in [2.05, 4.69) is 64.9 Å². The number of rotatable bonds is 4. The highest BCUT2D eigenvalue weighted by Crippen LogP contribution is 2.63. The second kappa shape index (κ2) is 8.23. The molecule has 2 N–H and O–H groups in total. The molecule has 3 aromatic rings. The molecule has 0 radical (unpaired) electrons. The van der Waals surface area contributed by atoms with E-state index in [4.69, 9.17) is 5.10 Å². The van der Waals surface area contributed by atoms with Crippen molar-refractivity contribution in [3.63, 3.8) is 0 Å². The molecule has 0 spiro atoms. The lowest BCUT2D eigenvalue weighted by atomic mass is 9.54. The minimum Gasteiger partial charge on any atom is -0.310 e. The first kappa shape index (κ1) is 21.3. The van der Waals surface area contributed by atoms with Crippen molar-refractivity contribution in [3.8, 4) is 0 Å². The molecule has 2 heterocycles. The Hall–Kier alpha value is -3.21. The molecule has 34 heavy (non-hydrogen) atoms. The van der Waals surface area contributed by atoms with Crippen LogP contribution in [-0.2, 0) is 16.6 Å². The predicted molar refractivity (Wildman–Crippen MR) is 134 cm³/mol. The molecule has 0 aliphatic heterocycles. The smallest absolute Gasteiger partial charge is 0.229 e. The van der Waals surface area contributed by atoms with Crippen LogP contribution in [0.15, 0.2) is 60.9 Å². The van der Waals surface area contributed by atoms with E-state index in [-0.39, 0.29) is 11.3 Å². The summed E-state index contributed by atoms with van der Waals surface area (Å²) in [5.74, 6) is 2.66. The molecule has 1 saturated carbocycles. The minimum atomic E-state index is -0.0318. The van der Waals surface area contributed by atoms with Gasteiger partial charge in [-0.25, -0.2) is 4.98 Å². The zero-order chi connectivity index (χ0) is 23.3. The van der Waals surface area contributed by atoms with Gasteiger partial charge in [0.15, 0.2) is 0 Å². The van der Waals surface area contributed by atoms with Gasteiger partial charge in [0, 0.05) is 35.7 Å². The summed E-state index contributed by atoms with van der Waals surface area (Å²) in [7, 11) is 0. The van der Waals surface area contributed by atoms with Crippen molar-refractivity contribution in [2.75, 3.05) is 5.32 Å². The molecule has 2 aromatic heterocycles. The molecule has 5 heteroatoms. The van der Waals surface area contributed by atoms with Crippen LogP contribution in [0.1, 0.15) is 72.4 Å². The second-order valence-electron chi connectivity index (χ2n) is 10.6. The zero-order valence-corrected chi connectivity index (χ0v) is 19.9. The number of carbonyl (C=O) groups is 1. The number of carbonyl (C=O) groups excluding carboxylic acids is 1. The Morgan fingerprint density at radius 3 is 3.00 bits per heavy atom. The number of nitrogens with one attached hydrogen (secondary N) is 2. The number of benzene rings is 1. The lowest BCUT2D eigenvalue weighted by Crippen LogP contribution is -2.44. The summed E-state index contributed by atoms with van der Waals surface area (Å²) in [5.41, 5.74) is 6.85. The number of amides is 1. The maximum absolute atomic E-state index is 12.6. The van der Waals surface area contributed by atoms with E-state index in [1.807, 2.05) is 19.1 Å². The maximum atomic E-state index is 12.6. The van der Waals surface area contributed by atoms with Crippen molar-refractivity contribution < 1.29 is 4.79 Å². The molecule has 5 nitrogen and oxygen atoms in total. The lowest BCUT2D eigenvalue weighted by Gasteiger charge is -2.50. The number of anilines is 1. The number of aryl methyl sites for hydroxylation is 2. The monoisotopic (exact) mass is 452 g/mol. The van der Waals surface area contributed by atoms with Crippen LogP contribution in [0.2, 0.25) is 0 Å². The number of nitrogens with zero attached hydrogens (tertiary/aromatic N) is 2. The van der Waals surface area contributed by atoms with Crippen LogP contribution in [0.25, 0.3) is 0 Å². The fraction of sp³-hybridized carbons (Fsp3) is 0.414. The normalized spacial score (nSPS) is 29.2. The van der Waals surface area contributed by atoms with Crippen LogP contribution in [-0.4, -0.2) is 21.1 Å². The van der Waals surface area contributed by atoms with E-state index in [1.165, 1.54) is 29.7 Å². The standard InChI is InChI=1S/C29H32N4O/c1-18-13-15-30-25(16-18)32-26(34)9-5-8-22-24-17-31-33-28(24)29(2)14-12-21-20-7-4-3-6-19(20)10-11-23(21)27(22)29/h3-8,13,15-17,21-23,27H,9-12,14H2,1-2H3,(H,31,33)(H,30,32,34)/b8-5-/t21?,22-,23?,27?,29+/m1/s1. The molecule has 0 bridgehead atoms. The Morgan fingerprint density at radius 2 is 2.12 bits per heavy atom. The van der Waals surface area contributed by atoms with Crippen LogP contribution in [0.4, 0.5) is 5.82 Å². The lowest BCUT2D eigenvalue weighted by molar-refractivity contribution is -0.115. The average Bonchev–Trinajstić information content (AvgIpc) is 3.40. The molecule has 6 rings (SSSR count). The summed E-state index contributed by atoms with van der Waals surface area (Å²) >= 11 is 0. The number of hydrogen-bond acceptors (Lipinski definition) is 3. The topological polar surface area (TPSA) is 70.7 Å². The third-order valence-corrected chi connectivity index (χ3v) is 8.68. The summed E-state index contributed by atoms with van der Waals surface area (Å²) in [6.07, 6.45) is 13.3. The number of allylic oxidation sites excluding steroid dienone is 1. The summed E-state index contributed by atoms with van der Waals surface area (Å²) in [4.78, 5) is 16.8. The average molecular weight is 453 g/mol. The highest BCUT2D eigenvalue weighted by molar-refractivity contribution is 5.90. The first-order valence-electron chi connectivity index (χ1n) is 12.6. The molecule has 3 unspecified atom stereocenters. The van der Waals surface area contributed by atoms with Gasteiger partial charge < -0.3 is 5.32 Å². The van der Waals surface area contributed by atoms with Gasteiger partial charge in [-0.1, -0.05) is 43.3 Å². The van der Waals surface area contributed by atoms with Gasteiger partial charge in [-0.05, 0) is 79.2 Å². The van der Waals surface area contributed by atoms with Crippen LogP contribution >= 0.6 is 0 Å². The fourth-order valence-corrected chi connectivity index (χ4v) is 7.26. The highest BCUT2D eigenvalue weighted by atomic mass is 16.1. The van der Waals surface area contributed by atoms with E-state index >= 15 is 0 Å². The quantitative estimate of drug-likeness (QED) is 0.491. The van der Waals surface area contributed by atoms with Crippen molar-refractivity contribution in [3.05, 3.63) is 88.9 Å². The molecule has 5 atom stereocenters. The molecule has 1 aromatic carbocycles. The van der Waals surface area contributed by atoms with Gasteiger partial charge >= 0.3 is 0 Å². The van der Waals surface area contributed by atoms with Crippen LogP contribution in [0.3, 0.4) is 0 Å². The molecular weight excluding hydrogens is 420 g/mol. The van der Waals surface area contributed by atoms with Crippen molar-refractivity contribution in [2.24, 2.45) is 11.8 Å². The molecular formula is C29H32N4O. The number of fused-ring (bicyclic) bond motifs is 7. The number of hydrogen-bond donors (Lipinski definition) is 2. The second-order valence-corrected chi connectivity index (χ2v) is 10.6. The summed E-state index contributed by atoms with van der Waals surface area (Å²) in [5, 5.41) is 10.8. The third-order valence-electron chi connectivity index (χ3n) is 8.68. The van der Waals surface area contributed by atoms with E-state index in [0.29, 0.717) is 35.9 Å². The third kappa shape index (κ3) is 3.41. The Morgan fingerprint density at radius 1 is 1.24 bits per heavy atom. The summed E-state index contributed by atoms with van der Waals surface area (Å²) in [6, 6.07) is 12.9. The van der Waals surface area contributed by atoms with Gasteiger partial charge in [0.1, 0.15) is 5.82 Å². The Balaban J connectivity index is 1.26. The van der Waals surface area contributed by atoms with E-state index in [1.54, 1.807) is 11.8 Å². The van der Waals surface area contributed by atoms with Gasteiger partial charge in [-0.15, -0.1) is 0 Å². The molecule has 1 fully saturated rings. The maximum Gasteiger partial charge on any atom is 0.229 e. The molecule has 1 amide bonds. The van der Waals surface area contributed by atoms with Crippen LogP contribution < -0.4 is 5.32 Å². The van der Waals surface area contributed by atoms with E-state index in [9.17, 15) is 4.79 Å². The largest absolute Gasteiger partial charge is 0.310 e. The first-order chi connectivity index (χ1) is 16.5. The summed E-state index contributed by atoms with van der Waals surface area (Å²) in [6.45, 7) is 4.43. The van der Waals surface area contributed by atoms with Crippen LogP contribution in [0, 0.1) is 18.8 Å². The van der Waals surface area contributed by atoms with Gasteiger partial charge in [-0.2, -0.15) is 5.10 Å². The highest BCUT2D eigenvalue weighted by Gasteiger charge is 2.57. The fourth-order valence-electron chi connectivity index (χ4n) is 7.26. The number of aromatic nitrogens is 3. The molecule has 174 valence electrons. The number of aromatic amines is 1. The Kier molecular flexibility index (Phi) is 5.16. The number of pyridine rings is 1. The SMILES string of the molecule is Cc1ccnc(NC(=O)C/C=C\[C@@H]2c3c[nH]nc3[C@@]3(C)CCC4c5ccccc5CCC4C23)c1. The summed E-state index contributed by atoms with van der Waals surface area (Å²) < 4.78 is 0. The Bertz CT molecular complexity index is 1260. The van der Waals surface area contributed by atoms with Gasteiger partial charge in [0.25, 0.3) is 0 Å². The van der Waals surface area contributed by atoms with Gasteiger partial charge in [0.2, 0.25) is 5.91 Å². The van der Waals surface area contributed by atoms with E-state index in [0.717, 1.165) is 18.4 Å². The first-order valence-corrected chi connectivity index (χ1v) is 12.6. The zero-order valence-electron chi connectivity index (χ0n) is 19.9. The van der Waals surface area contributed by atoms with Crippen molar-refractivity contribution in [1.82, 2.24) is 15.2 Å². The number of H-pyrrole nitrogens is 1. The molecule has 3 aliphatic rings. The predicted octanol–water partition coefficient (Wildman–Crippen LogP) is 5.81. The van der Waals surface area contributed by atoms with Crippen molar-refractivity contribution >= 4 is 11.7 Å². The van der Waals surface area contributed by atoms with Gasteiger partial charge in [0.05, 0.1) is 5.69 Å². The van der Waals surface area contributed by atoms with Crippen LogP contribution in [0.5, 0.6) is 0 Å². The van der Waals surface area contributed by atoms with Crippen molar-refractivity contribution in [1.29, 1.82) is 0 Å². The molecule has 0 saturated heterocycles. The van der Waals surface area contributed by atoms with Crippen molar-refractivity contribution in [2.45, 2.75) is 63.2 Å². The minimum absolute atomic E-state index is 0.0318. The Labute approximate surface area is 201 Å². The van der Waals surface area contributed by atoms with E-state index < -0.39 is 0 Å².